The number of aliphatic carboxylic acids is 2. The number of aromatic hydroxyl groups is 1. The molecule has 0 unspecified atom stereocenters. The summed E-state index contributed by atoms with van der Waals surface area (Å²) in [6.45, 7) is 4.92. The van der Waals surface area contributed by atoms with Crippen molar-refractivity contribution < 1.29 is 65.8 Å². The van der Waals surface area contributed by atoms with E-state index in [0.29, 0.717) is 79.2 Å². The van der Waals surface area contributed by atoms with Gasteiger partial charge in [0.05, 0.1) is 60.1 Å². The number of benzene rings is 3. The summed E-state index contributed by atoms with van der Waals surface area (Å²) in [5, 5.41) is 135. The Morgan fingerprint density at radius 3 is 2.32 bits per heavy atom. The van der Waals surface area contributed by atoms with Crippen LogP contribution in [0.15, 0.2) is 90.0 Å². The molecule has 13 N–H and O–H groups in total. The van der Waals surface area contributed by atoms with E-state index in [2.05, 4.69) is 22.5 Å². The van der Waals surface area contributed by atoms with Gasteiger partial charge in [0.25, 0.3) is 0 Å². The van der Waals surface area contributed by atoms with Gasteiger partial charge in [-0.05, 0) is 179 Å². The molecule has 0 amide bonds. The number of aliphatic hydroxyl groups is 8. The zero-order valence-corrected chi connectivity index (χ0v) is 47.9. The fourth-order valence-corrected chi connectivity index (χ4v) is 14.0. The summed E-state index contributed by atoms with van der Waals surface area (Å²) in [5.41, 5.74) is 1.23. The van der Waals surface area contributed by atoms with E-state index in [4.69, 9.17) is 0 Å². The summed E-state index contributed by atoms with van der Waals surface area (Å²) in [4.78, 5) is 26.4. The molecule has 4 aliphatic heterocycles. The van der Waals surface area contributed by atoms with Crippen molar-refractivity contribution in [2.75, 3.05) is 13.2 Å². The standard InChI is InChI=1S/C66H92N2O13/c1-4-5-16-57(73)58(74)29-24-46-21-20-45-13-7-6-12-44(45)14-10-33-66(64(3,81)55(15-11-34-69)47-22-25-50(71)26-23-47)39-43-18-19-48(49(35-43)40-65(63(79)80)31-8-9-32-65)36-60(76)52-27-17-42(2)67-62(54(52)38-61(77)78)59(75)30-28-56(68-66)53(46)37-51(72)41-70/h6-7,12-13,18-19,22-26,29,35,42,51-52,54-60,62,67-76,81H,4-5,8-9,11,15-17,20-21,27-28,30-34,36-41H2,1-3H3,(H,77,78)(H,79,80)/b29-24+,53-46+/t42-,51+,52-,54-,55-,56-,57+,58-,59+,60-,62-,64+,66-/m1/s1. The number of unbranched alkanes of at least 4 members (excludes halogenated alkanes) is 1. The quantitative estimate of drug-likeness (QED) is 0.0511. The summed E-state index contributed by atoms with van der Waals surface area (Å²) in [6, 6.07) is 18.4. The summed E-state index contributed by atoms with van der Waals surface area (Å²) < 4.78 is 0. The first-order valence-electron chi connectivity index (χ1n) is 29.9. The number of carbonyl (C=O) groups is 2. The molecule has 15 heteroatoms. The Morgan fingerprint density at radius 1 is 0.889 bits per heavy atom. The maximum Gasteiger partial charge on any atom is 0.309 e. The third-order valence-electron chi connectivity index (χ3n) is 18.8. The third kappa shape index (κ3) is 15.8. The van der Waals surface area contributed by atoms with Gasteiger partial charge in [-0.25, -0.2) is 0 Å². The smallest absolute Gasteiger partial charge is 0.309 e. The second-order valence-corrected chi connectivity index (χ2v) is 24.5. The second-order valence-electron chi connectivity index (χ2n) is 24.5. The van der Waals surface area contributed by atoms with Gasteiger partial charge < -0.3 is 66.8 Å². The van der Waals surface area contributed by atoms with Crippen LogP contribution >= 0.6 is 0 Å². The number of aliphatic hydroxyl groups excluding tert-OH is 7. The molecule has 0 spiro atoms. The third-order valence-corrected chi connectivity index (χ3v) is 18.8. The van der Waals surface area contributed by atoms with Crippen molar-refractivity contribution in [3.05, 3.63) is 123 Å². The van der Waals surface area contributed by atoms with Gasteiger partial charge in [0, 0.05) is 42.6 Å². The maximum absolute atomic E-state index is 14.3. The van der Waals surface area contributed by atoms with Crippen LogP contribution < -0.4 is 10.6 Å². The van der Waals surface area contributed by atoms with Crippen molar-refractivity contribution in [3.8, 4) is 17.6 Å². The number of allylic oxidation sites excluding steroid dienone is 2. The Balaban J connectivity index is 1.59. The van der Waals surface area contributed by atoms with E-state index in [1.165, 1.54) is 0 Å². The molecule has 444 valence electrons. The molecule has 13 atom stereocenters. The Morgan fingerprint density at radius 2 is 1.63 bits per heavy atom. The van der Waals surface area contributed by atoms with Crippen LogP contribution in [-0.2, 0) is 35.3 Å². The molecule has 6 bridgehead atoms. The molecule has 3 aromatic carbocycles. The van der Waals surface area contributed by atoms with Crippen LogP contribution in [0.5, 0.6) is 5.75 Å². The van der Waals surface area contributed by atoms with Gasteiger partial charge in [-0.1, -0.05) is 105 Å². The van der Waals surface area contributed by atoms with Crippen molar-refractivity contribution in [1.29, 1.82) is 0 Å². The molecule has 5 aliphatic rings. The number of hydrogen-bond donors (Lipinski definition) is 13. The van der Waals surface area contributed by atoms with E-state index < -0.39 is 95.5 Å². The molecule has 2 fully saturated rings. The Kier molecular flexibility index (Phi) is 22.8. The van der Waals surface area contributed by atoms with Crippen LogP contribution in [0.25, 0.3) is 0 Å². The van der Waals surface area contributed by atoms with Gasteiger partial charge >= 0.3 is 11.9 Å². The Bertz CT molecular complexity index is 2670. The first kappa shape index (κ1) is 63.6. The van der Waals surface area contributed by atoms with Gasteiger partial charge in [-0.15, -0.1) is 0 Å². The molecular formula is C66H92N2O13. The van der Waals surface area contributed by atoms with Gasteiger partial charge in [-0.2, -0.15) is 0 Å². The minimum atomic E-state index is -1.85. The summed E-state index contributed by atoms with van der Waals surface area (Å²) >= 11 is 0. The minimum absolute atomic E-state index is 0.0175. The van der Waals surface area contributed by atoms with E-state index in [1.807, 2.05) is 56.3 Å². The molecule has 0 radical (unpaired) electrons. The minimum Gasteiger partial charge on any atom is -0.508 e. The molecule has 4 heterocycles. The molecule has 15 nitrogen and oxygen atoms in total. The second kappa shape index (κ2) is 29.0. The molecule has 8 rings (SSSR count). The van der Waals surface area contributed by atoms with Crippen LogP contribution in [0.4, 0.5) is 0 Å². The van der Waals surface area contributed by atoms with E-state index >= 15 is 0 Å². The number of aryl methyl sites for hydroxylation is 1. The van der Waals surface area contributed by atoms with Crippen LogP contribution in [0.2, 0.25) is 0 Å². The molecule has 1 saturated carbocycles. The highest BCUT2D eigenvalue weighted by molar-refractivity contribution is 5.75. The SMILES string of the molecule is CCCC[C@H](O)[C@H](O)/C=C/C1=C(\C[C@H](O)CO)[C@H]2CC[C@H](O)[C@@H]3N[C@H](C)CC[C@H]([C@H]3CC(=O)O)[C@H](O)Cc3ccc(cc3CC3(C(=O)O)CCCC3)C[C@@]([C@@](C)(O)[C@H](CCCO)c3ccc(O)cc3)(CC#Cc3ccccc3CC1)N2. The number of fused-ring (bicyclic) bond motifs is 6. The van der Waals surface area contributed by atoms with E-state index in [-0.39, 0.29) is 82.6 Å². The van der Waals surface area contributed by atoms with Crippen molar-refractivity contribution in [3.63, 3.8) is 0 Å². The largest absolute Gasteiger partial charge is 0.508 e. The number of phenols is 1. The van der Waals surface area contributed by atoms with Crippen molar-refractivity contribution in [2.45, 2.75) is 221 Å². The Labute approximate surface area is 479 Å². The van der Waals surface area contributed by atoms with Crippen LogP contribution in [0, 0.1) is 29.1 Å². The van der Waals surface area contributed by atoms with Gasteiger partial charge in [-0.3, -0.25) is 9.59 Å². The first-order valence-corrected chi connectivity index (χ1v) is 29.9. The predicted molar refractivity (Wildman–Crippen MR) is 311 cm³/mol. The number of nitrogens with one attached hydrogen (secondary N) is 2. The van der Waals surface area contributed by atoms with Gasteiger partial charge in [0.2, 0.25) is 0 Å². The first-order chi connectivity index (χ1) is 38.7. The Hall–Kier alpha value is -4.96. The molecule has 81 heavy (non-hydrogen) atoms. The number of hydrogen-bond acceptors (Lipinski definition) is 13. The van der Waals surface area contributed by atoms with Crippen LogP contribution in [0.3, 0.4) is 0 Å². The normalized spacial score (nSPS) is 28.7. The molecular weight excluding hydrogens is 1030 g/mol. The van der Waals surface area contributed by atoms with Gasteiger partial charge in [0.15, 0.2) is 0 Å². The zero-order valence-electron chi connectivity index (χ0n) is 47.9. The van der Waals surface area contributed by atoms with Gasteiger partial charge in [0.1, 0.15) is 5.75 Å². The highest BCUT2D eigenvalue weighted by Crippen LogP contribution is 2.47. The van der Waals surface area contributed by atoms with Crippen molar-refractivity contribution >= 4 is 11.9 Å². The lowest BCUT2D eigenvalue weighted by Gasteiger charge is -2.52. The molecule has 1 aliphatic carbocycles. The summed E-state index contributed by atoms with van der Waals surface area (Å²) in [5.74, 6) is 2.95. The fraction of sp³-hybridized carbons (Fsp3) is 0.606. The number of carboxylic acid groups (broad SMARTS) is 2. The maximum atomic E-state index is 14.3. The lowest BCUT2D eigenvalue weighted by Crippen LogP contribution is -2.67. The van der Waals surface area contributed by atoms with Crippen LogP contribution in [0.1, 0.15) is 169 Å². The van der Waals surface area contributed by atoms with Crippen molar-refractivity contribution in [1.82, 2.24) is 10.6 Å². The molecule has 1 saturated heterocycles. The predicted octanol–water partition coefficient (Wildman–Crippen LogP) is 6.93. The van der Waals surface area contributed by atoms with E-state index in [9.17, 15) is 65.8 Å². The average Bonchev–Trinajstić information content (AvgIpc) is 3.87. The van der Waals surface area contributed by atoms with E-state index in [1.54, 1.807) is 43.3 Å². The highest BCUT2D eigenvalue weighted by atomic mass is 16.4. The van der Waals surface area contributed by atoms with Crippen LogP contribution in [-0.4, -0.2) is 141 Å². The van der Waals surface area contributed by atoms with E-state index in [0.717, 1.165) is 36.0 Å². The highest BCUT2D eigenvalue weighted by Gasteiger charge is 2.53. The lowest BCUT2D eigenvalue weighted by molar-refractivity contribution is -0.148. The fourth-order valence-electron chi connectivity index (χ4n) is 14.0. The number of carboxylic acids is 2. The number of phenolic OH excluding ortho intramolecular Hbond substituents is 1. The zero-order chi connectivity index (χ0) is 58.5. The lowest BCUT2D eigenvalue weighted by atomic mass is 9.64. The average molecular weight is 1120 g/mol. The number of rotatable bonds is 20. The molecule has 3 aromatic rings. The summed E-state index contributed by atoms with van der Waals surface area (Å²) in [7, 11) is 0. The monoisotopic (exact) mass is 1120 g/mol. The van der Waals surface area contributed by atoms with Crippen molar-refractivity contribution in [2.24, 2.45) is 17.3 Å². The molecule has 0 aromatic heterocycles. The summed E-state index contributed by atoms with van der Waals surface area (Å²) in [6.07, 6.45) is 4.01. The topological polar surface area (TPSA) is 281 Å².